The van der Waals surface area contributed by atoms with E-state index >= 15 is 0 Å². The number of ether oxygens (including phenoxy) is 1. The first-order valence-electron chi connectivity index (χ1n) is 5.25. The molecule has 0 aliphatic heterocycles. The van der Waals surface area contributed by atoms with E-state index in [1.165, 1.54) is 7.05 Å². The molecule has 0 atom stereocenters. The Balaban J connectivity index is 2.56. The number of alkyl halides is 3. The van der Waals surface area contributed by atoms with Crippen molar-refractivity contribution in [1.29, 1.82) is 5.26 Å². The highest BCUT2D eigenvalue weighted by Gasteiger charge is 2.30. The summed E-state index contributed by atoms with van der Waals surface area (Å²) in [6, 6.07) is 8.36. The van der Waals surface area contributed by atoms with Crippen molar-refractivity contribution < 1.29 is 22.7 Å². The van der Waals surface area contributed by atoms with Crippen LogP contribution >= 0.6 is 0 Å². The molecule has 0 radical (unpaired) electrons. The largest absolute Gasteiger partial charge is 0.440 e. The van der Waals surface area contributed by atoms with E-state index in [2.05, 4.69) is 4.74 Å². The Kier molecular flexibility index (Phi) is 4.75. The van der Waals surface area contributed by atoms with Crippen LogP contribution < -0.4 is 0 Å². The average molecular weight is 272 g/mol. The predicted octanol–water partition coefficient (Wildman–Crippen LogP) is 2.69. The third-order valence-electron chi connectivity index (χ3n) is 2.15. The summed E-state index contributed by atoms with van der Waals surface area (Å²) in [5, 5.41) is 8.70. The summed E-state index contributed by atoms with van der Waals surface area (Å²) in [6.07, 6.45) is -5.61. The first-order valence-corrected chi connectivity index (χ1v) is 5.25. The number of nitrogens with zero attached hydrogens (tertiary/aromatic N) is 2. The van der Waals surface area contributed by atoms with Crippen LogP contribution in [0.4, 0.5) is 18.0 Å². The summed E-state index contributed by atoms with van der Waals surface area (Å²) in [5.41, 5.74) is 1.04. The zero-order valence-corrected chi connectivity index (χ0v) is 10.1. The van der Waals surface area contributed by atoms with Crippen LogP contribution in [0, 0.1) is 11.3 Å². The van der Waals surface area contributed by atoms with Gasteiger partial charge in [-0.25, -0.2) is 4.79 Å². The van der Waals surface area contributed by atoms with E-state index < -0.39 is 18.9 Å². The summed E-state index contributed by atoms with van der Waals surface area (Å²) in [6.45, 7) is -1.55. The molecule has 0 unspecified atom stereocenters. The SMILES string of the molecule is CN(Cc1cccc(C#N)c1)C(=O)OCC(F)(F)F. The molecule has 0 bridgehead atoms. The lowest BCUT2D eigenvalue weighted by atomic mass is 10.1. The second-order valence-electron chi connectivity index (χ2n) is 3.84. The zero-order chi connectivity index (χ0) is 14.5. The molecular weight excluding hydrogens is 261 g/mol. The van der Waals surface area contributed by atoms with Crippen molar-refractivity contribution in [2.24, 2.45) is 0 Å². The lowest BCUT2D eigenvalue weighted by molar-refractivity contribution is -0.162. The molecule has 1 rings (SSSR count). The van der Waals surface area contributed by atoms with Crippen LogP contribution in [0.2, 0.25) is 0 Å². The van der Waals surface area contributed by atoms with Gasteiger partial charge in [0.15, 0.2) is 6.61 Å². The summed E-state index contributed by atoms with van der Waals surface area (Å²) in [5.74, 6) is 0. The highest BCUT2D eigenvalue weighted by atomic mass is 19.4. The van der Waals surface area contributed by atoms with Gasteiger partial charge in [0.25, 0.3) is 0 Å². The fraction of sp³-hybridized carbons (Fsp3) is 0.333. The number of nitriles is 1. The van der Waals surface area contributed by atoms with Crippen LogP contribution in [0.5, 0.6) is 0 Å². The maximum absolute atomic E-state index is 11.9. The number of halogens is 3. The van der Waals surface area contributed by atoms with Gasteiger partial charge in [-0.3, -0.25) is 0 Å². The van der Waals surface area contributed by atoms with Gasteiger partial charge in [0.2, 0.25) is 0 Å². The lowest BCUT2D eigenvalue weighted by Crippen LogP contribution is -2.30. The van der Waals surface area contributed by atoms with Gasteiger partial charge in [-0.2, -0.15) is 18.4 Å². The van der Waals surface area contributed by atoms with E-state index in [9.17, 15) is 18.0 Å². The summed E-state index contributed by atoms with van der Waals surface area (Å²) in [4.78, 5) is 12.3. The Labute approximate surface area is 108 Å². The number of amides is 1. The molecule has 0 aromatic heterocycles. The number of hydrogen-bond donors (Lipinski definition) is 0. The van der Waals surface area contributed by atoms with Crippen LogP contribution in [-0.2, 0) is 11.3 Å². The molecular formula is C12H11F3N2O2. The van der Waals surface area contributed by atoms with Crippen LogP contribution in [0.15, 0.2) is 24.3 Å². The van der Waals surface area contributed by atoms with E-state index in [-0.39, 0.29) is 6.54 Å². The molecule has 4 nitrogen and oxygen atoms in total. The van der Waals surface area contributed by atoms with Crippen LogP contribution in [-0.4, -0.2) is 30.8 Å². The van der Waals surface area contributed by atoms with Crippen LogP contribution in [0.25, 0.3) is 0 Å². The van der Waals surface area contributed by atoms with Gasteiger partial charge in [-0.1, -0.05) is 12.1 Å². The normalized spacial score (nSPS) is 10.7. The molecule has 0 aliphatic rings. The molecule has 0 fully saturated rings. The molecule has 102 valence electrons. The van der Waals surface area contributed by atoms with Crippen molar-refractivity contribution in [3.8, 4) is 6.07 Å². The van der Waals surface area contributed by atoms with Crippen molar-refractivity contribution in [1.82, 2.24) is 4.90 Å². The Morgan fingerprint density at radius 1 is 1.47 bits per heavy atom. The van der Waals surface area contributed by atoms with E-state index in [0.29, 0.717) is 11.1 Å². The summed E-state index contributed by atoms with van der Waals surface area (Å²) in [7, 11) is 1.32. The molecule has 0 saturated carbocycles. The topological polar surface area (TPSA) is 53.3 Å². The van der Waals surface area contributed by atoms with Crippen molar-refractivity contribution >= 4 is 6.09 Å². The van der Waals surface area contributed by atoms with E-state index in [4.69, 9.17) is 5.26 Å². The Morgan fingerprint density at radius 3 is 2.74 bits per heavy atom. The van der Waals surface area contributed by atoms with E-state index in [0.717, 1.165) is 4.90 Å². The van der Waals surface area contributed by atoms with E-state index in [1.807, 2.05) is 6.07 Å². The molecule has 0 N–H and O–H groups in total. The first-order chi connectivity index (χ1) is 8.81. The van der Waals surface area contributed by atoms with E-state index in [1.54, 1.807) is 24.3 Å². The second-order valence-corrected chi connectivity index (χ2v) is 3.84. The number of carbonyl (C=O) groups is 1. The molecule has 19 heavy (non-hydrogen) atoms. The Morgan fingerprint density at radius 2 is 2.16 bits per heavy atom. The minimum atomic E-state index is -4.54. The van der Waals surface area contributed by atoms with Gasteiger partial charge in [0, 0.05) is 13.6 Å². The molecule has 1 aromatic carbocycles. The van der Waals surface area contributed by atoms with Crippen molar-refractivity contribution in [3.63, 3.8) is 0 Å². The summed E-state index contributed by atoms with van der Waals surface area (Å²) >= 11 is 0. The molecule has 0 aliphatic carbocycles. The minimum absolute atomic E-state index is 0.0617. The minimum Gasteiger partial charge on any atom is -0.440 e. The molecule has 0 heterocycles. The van der Waals surface area contributed by atoms with Gasteiger partial charge < -0.3 is 9.64 Å². The van der Waals surface area contributed by atoms with Gasteiger partial charge in [0.05, 0.1) is 11.6 Å². The highest BCUT2D eigenvalue weighted by Crippen LogP contribution is 2.15. The Hall–Kier alpha value is -2.23. The van der Waals surface area contributed by atoms with Crippen molar-refractivity contribution in [2.75, 3.05) is 13.7 Å². The fourth-order valence-corrected chi connectivity index (χ4v) is 1.33. The monoisotopic (exact) mass is 272 g/mol. The van der Waals surface area contributed by atoms with Gasteiger partial charge in [-0.05, 0) is 17.7 Å². The number of carbonyl (C=O) groups excluding carboxylic acids is 1. The smallest absolute Gasteiger partial charge is 0.422 e. The first kappa shape index (κ1) is 14.8. The van der Waals surface area contributed by atoms with Gasteiger partial charge in [0.1, 0.15) is 0 Å². The lowest BCUT2D eigenvalue weighted by Gasteiger charge is -2.17. The molecule has 7 heteroatoms. The number of benzene rings is 1. The molecule has 0 spiro atoms. The standard InChI is InChI=1S/C12H11F3N2O2/c1-17(11(18)19-8-12(13,14)15)7-10-4-2-3-9(5-10)6-16/h2-5H,7-8H2,1H3. The predicted molar refractivity (Wildman–Crippen MR) is 60.0 cm³/mol. The number of hydrogen-bond acceptors (Lipinski definition) is 3. The van der Waals surface area contributed by atoms with Crippen molar-refractivity contribution in [3.05, 3.63) is 35.4 Å². The van der Waals surface area contributed by atoms with Crippen LogP contribution in [0.1, 0.15) is 11.1 Å². The Bertz CT molecular complexity index is 494. The highest BCUT2D eigenvalue weighted by molar-refractivity contribution is 5.67. The van der Waals surface area contributed by atoms with Gasteiger partial charge in [-0.15, -0.1) is 0 Å². The average Bonchev–Trinajstić information content (AvgIpc) is 2.35. The zero-order valence-electron chi connectivity index (χ0n) is 10.1. The maximum atomic E-state index is 11.9. The van der Waals surface area contributed by atoms with Crippen LogP contribution in [0.3, 0.4) is 0 Å². The van der Waals surface area contributed by atoms with Crippen molar-refractivity contribution in [2.45, 2.75) is 12.7 Å². The maximum Gasteiger partial charge on any atom is 0.422 e. The number of rotatable bonds is 3. The van der Waals surface area contributed by atoms with Gasteiger partial charge >= 0.3 is 12.3 Å². The molecule has 1 aromatic rings. The molecule has 0 saturated heterocycles. The third kappa shape index (κ3) is 5.29. The molecule has 1 amide bonds. The fourth-order valence-electron chi connectivity index (χ4n) is 1.33. The third-order valence-corrected chi connectivity index (χ3v) is 2.15. The summed E-state index contributed by atoms with van der Waals surface area (Å²) < 4.78 is 39.7. The quantitative estimate of drug-likeness (QED) is 0.850. The second kappa shape index (κ2) is 6.09.